The van der Waals surface area contributed by atoms with Crippen LogP contribution in [0.1, 0.15) is 92.9 Å². The molecule has 7 rings (SSSR count). The third-order valence-corrected chi connectivity index (χ3v) is 15.3. The quantitative estimate of drug-likeness (QED) is 0.224. The van der Waals surface area contributed by atoms with Gasteiger partial charge in [-0.2, -0.15) is 12.1 Å². The summed E-state index contributed by atoms with van der Waals surface area (Å²) in [6.45, 7) is 4.45. The molecule has 37 heavy (non-hydrogen) atoms. The maximum atomic E-state index is 2.38. The van der Waals surface area contributed by atoms with E-state index in [2.05, 4.69) is 74.5 Å². The predicted molar refractivity (Wildman–Crippen MR) is 151 cm³/mol. The molecule has 0 radical (unpaired) electrons. The first-order valence-corrected chi connectivity index (χ1v) is 21.4. The summed E-state index contributed by atoms with van der Waals surface area (Å²) in [5.41, 5.74) is 6.48. The SMILES string of the molecule is CCc1cc2c(C3CC3)cccc2[cH-]1.CCc1cc2c(C3CC3)cccc2[cH-]1.[Cl-].[Cl-].[Hf+2]=[Si]1CCCCC1. The van der Waals surface area contributed by atoms with E-state index < -0.39 is 0 Å². The van der Waals surface area contributed by atoms with Crippen molar-refractivity contribution in [2.24, 2.45) is 0 Å². The monoisotopic (exact) mass is 714 g/mol. The zero-order valence-electron chi connectivity index (χ0n) is 22.5. The van der Waals surface area contributed by atoms with Gasteiger partial charge in [-0.05, 0) is 50.4 Å². The fraction of sp³-hybridized carbons (Fsp3) is 0.455. The van der Waals surface area contributed by atoms with Gasteiger partial charge >= 0.3 is 59.8 Å². The summed E-state index contributed by atoms with van der Waals surface area (Å²) >= 11 is 1.55. The number of fused-ring (bicyclic) bond motifs is 2. The first-order chi connectivity index (χ1) is 17.2. The molecule has 0 bridgehead atoms. The van der Waals surface area contributed by atoms with E-state index in [4.69, 9.17) is 0 Å². The molecule has 0 spiro atoms. The van der Waals surface area contributed by atoms with Gasteiger partial charge < -0.3 is 24.8 Å². The van der Waals surface area contributed by atoms with Gasteiger partial charge in [0, 0.05) is 0 Å². The van der Waals surface area contributed by atoms with Crippen molar-refractivity contribution < 1.29 is 47.8 Å². The molecule has 2 saturated carbocycles. The van der Waals surface area contributed by atoms with Gasteiger partial charge in [-0.1, -0.05) is 37.1 Å². The summed E-state index contributed by atoms with van der Waals surface area (Å²) < 4.78 is 0. The summed E-state index contributed by atoms with van der Waals surface area (Å²) in [6, 6.07) is 26.2. The Morgan fingerprint density at radius 3 is 1.46 bits per heavy atom. The van der Waals surface area contributed by atoms with Crippen LogP contribution in [-0.4, -0.2) is 5.49 Å². The molecule has 0 nitrogen and oxygen atoms in total. The Hall–Kier alpha value is -0.673. The van der Waals surface area contributed by atoms with Crippen LogP contribution in [0.4, 0.5) is 0 Å². The van der Waals surface area contributed by atoms with Gasteiger partial charge in [0.25, 0.3) is 0 Å². The molecule has 1 aliphatic heterocycles. The number of aryl methyl sites for hydroxylation is 2. The van der Waals surface area contributed by atoms with Crippen LogP contribution in [0.3, 0.4) is 0 Å². The van der Waals surface area contributed by atoms with Gasteiger partial charge in [0.1, 0.15) is 0 Å². The van der Waals surface area contributed by atoms with Gasteiger partial charge in [0.2, 0.25) is 0 Å². The summed E-state index contributed by atoms with van der Waals surface area (Å²) in [5, 5.41) is 5.89. The van der Waals surface area contributed by atoms with Gasteiger partial charge in [0.15, 0.2) is 0 Å². The average molecular weight is 714 g/mol. The molecule has 3 aliphatic rings. The van der Waals surface area contributed by atoms with Crippen molar-refractivity contribution >= 4 is 27.0 Å². The second kappa shape index (κ2) is 14.6. The first kappa shape index (κ1) is 30.9. The molecule has 1 saturated heterocycles. The van der Waals surface area contributed by atoms with E-state index >= 15 is 0 Å². The van der Waals surface area contributed by atoms with E-state index in [1.165, 1.54) is 64.8 Å². The third-order valence-electron chi connectivity index (χ3n) is 8.00. The molecule has 4 aromatic rings. The van der Waals surface area contributed by atoms with Crippen LogP contribution >= 0.6 is 0 Å². The minimum absolute atomic E-state index is 0. The van der Waals surface area contributed by atoms with Crippen LogP contribution < -0.4 is 24.8 Å². The summed E-state index contributed by atoms with van der Waals surface area (Å²) in [4.78, 5) is 0. The van der Waals surface area contributed by atoms with E-state index in [-0.39, 0.29) is 24.8 Å². The van der Waals surface area contributed by atoms with Crippen LogP contribution in [0.5, 0.6) is 0 Å². The van der Waals surface area contributed by atoms with Gasteiger partial charge in [-0.25, -0.2) is 0 Å². The number of rotatable bonds is 4. The number of benzene rings is 2. The summed E-state index contributed by atoms with van der Waals surface area (Å²) in [7, 11) is 0. The third kappa shape index (κ3) is 8.16. The van der Waals surface area contributed by atoms with Crippen LogP contribution in [0.25, 0.3) is 21.5 Å². The molecule has 3 fully saturated rings. The van der Waals surface area contributed by atoms with E-state index in [0.29, 0.717) is 5.49 Å². The minimum atomic E-state index is 0. The molecule has 2 aliphatic carbocycles. The molecule has 4 heteroatoms. The molecular formula is C33H40Cl2HfSi-2. The van der Waals surface area contributed by atoms with Crippen LogP contribution in [0, 0.1) is 0 Å². The molecule has 0 N–H and O–H groups in total. The van der Waals surface area contributed by atoms with Crippen molar-refractivity contribution in [1.82, 2.24) is 0 Å². The van der Waals surface area contributed by atoms with Crippen LogP contribution in [0.15, 0.2) is 60.7 Å². The van der Waals surface area contributed by atoms with E-state index in [1.807, 2.05) is 0 Å². The molecule has 196 valence electrons. The summed E-state index contributed by atoms with van der Waals surface area (Å²) in [6.07, 6.45) is 12.6. The Bertz CT molecular complexity index is 1190. The summed E-state index contributed by atoms with van der Waals surface area (Å²) in [5.74, 6) is 1.73. The van der Waals surface area contributed by atoms with Gasteiger partial charge in [0.05, 0.1) is 0 Å². The number of halogens is 2. The molecule has 0 atom stereocenters. The normalized spacial score (nSPS) is 16.7. The Morgan fingerprint density at radius 2 is 1.14 bits per heavy atom. The zero-order chi connectivity index (χ0) is 24.2. The maximum absolute atomic E-state index is 2.38. The number of hydrogen-bond acceptors (Lipinski definition) is 0. The van der Waals surface area contributed by atoms with Gasteiger partial charge in [-0.15, -0.1) is 69.1 Å². The average Bonchev–Trinajstić information content (AvgIpc) is 3.82. The molecule has 0 aromatic heterocycles. The van der Waals surface area contributed by atoms with Crippen molar-refractivity contribution in [2.75, 3.05) is 0 Å². The molecular weight excluding hydrogens is 674 g/mol. The molecule has 0 unspecified atom stereocenters. The van der Waals surface area contributed by atoms with Gasteiger partial charge in [-0.3, -0.25) is 0 Å². The second-order valence-electron chi connectivity index (χ2n) is 10.8. The van der Waals surface area contributed by atoms with Crippen molar-refractivity contribution in [1.29, 1.82) is 0 Å². The molecule has 1 heterocycles. The van der Waals surface area contributed by atoms with Crippen LogP contribution in [0.2, 0.25) is 12.1 Å². The van der Waals surface area contributed by atoms with Crippen LogP contribution in [-0.2, 0) is 35.8 Å². The van der Waals surface area contributed by atoms with Crippen molar-refractivity contribution in [3.05, 3.63) is 82.9 Å². The van der Waals surface area contributed by atoms with E-state index in [1.54, 1.807) is 59.1 Å². The second-order valence-corrected chi connectivity index (χ2v) is 20.7. The fourth-order valence-corrected chi connectivity index (χ4v) is 10.9. The van der Waals surface area contributed by atoms with E-state index in [9.17, 15) is 0 Å². The van der Waals surface area contributed by atoms with Crippen molar-refractivity contribution in [3.63, 3.8) is 0 Å². The Kier molecular flexibility index (Phi) is 12.2. The standard InChI is InChI=1S/2C14H15.C5H10Si.2ClH.Hf/c2*1-2-10-8-12-4-3-5-13(11-6-7-11)14(12)9-10;1-2-4-6-5-3-1;;;/h2*3-5,8-9,11H,2,6-7H2,1H3;1-5H2;2*1H;/q2*-1;;;;+2/p-2. The fourth-order valence-electron chi connectivity index (χ4n) is 5.53. The predicted octanol–water partition coefficient (Wildman–Crippen LogP) is 3.71. The van der Waals surface area contributed by atoms with Crippen molar-refractivity contribution in [3.8, 4) is 0 Å². The van der Waals surface area contributed by atoms with E-state index in [0.717, 1.165) is 24.7 Å². The molecule has 0 amide bonds. The topological polar surface area (TPSA) is 0 Å². The Labute approximate surface area is 251 Å². The molecule has 4 aromatic carbocycles. The Morgan fingerprint density at radius 1 is 0.703 bits per heavy atom. The first-order valence-electron chi connectivity index (χ1n) is 14.1. The van der Waals surface area contributed by atoms with Crippen molar-refractivity contribution in [2.45, 2.75) is 95.6 Å². The zero-order valence-corrected chi connectivity index (χ0v) is 28.6. The Balaban J connectivity index is 0.000000158. The number of hydrogen-bond donors (Lipinski definition) is 0.